The molecule has 0 aromatic carbocycles. The zero-order valence-electron chi connectivity index (χ0n) is 12.5. The molecule has 3 fully saturated rings. The molecule has 2 heteroatoms. The molecule has 108 valence electrons. The molecule has 0 amide bonds. The van der Waals surface area contributed by atoms with Gasteiger partial charge in [0.2, 0.25) is 0 Å². The van der Waals surface area contributed by atoms with Crippen LogP contribution in [0.4, 0.5) is 0 Å². The summed E-state index contributed by atoms with van der Waals surface area (Å²) in [4.78, 5) is 11.3. The van der Waals surface area contributed by atoms with Crippen molar-refractivity contribution in [3.05, 3.63) is 0 Å². The SMILES string of the molecule is CCC1CC(CC)C2C3CC(CC3C(C)C(=O)O)C12. The van der Waals surface area contributed by atoms with Crippen LogP contribution in [-0.4, -0.2) is 11.1 Å². The van der Waals surface area contributed by atoms with E-state index in [9.17, 15) is 9.90 Å². The Hall–Kier alpha value is -0.530. The lowest BCUT2D eigenvalue weighted by Gasteiger charge is -2.37. The van der Waals surface area contributed by atoms with Gasteiger partial charge in [0, 0.05) is 0 Å². The van der Waals surface area contributed by atoms with Gasteiger partial charge >= 0.3 is 5.97 Å². The average Bonchev–Trinajstić information content (AvgIpc) is 3.06. The van der Waals surface area contributed by atoms with Gasteiger partial charge in [-0.15, -0.1) is 0 Å². The summed E-state index contributed by atoms with van der Waals surface area (Å²) in [7, 11) is 0. The molecule has 0 heterocycles. The summed E-state index contributed by atoms with van der Waals surface area (Å²) in [6.45, 7) is 6.63. The van der Waals surface area contributed by atoms with Gasteiger partial charge in [-0.25, -0.2) is 0 Å². The molecule has 1 N–H and O–H groups in total. The fourth-order valence-corrected chi connectivity index (χ4v) is 6.20. The smallest absolute Gasteiger partial charge is 0.306 e. The minimum absolute atomic E-state index is 0.130. The number of hydrogen-bond acceptors (Lipinski definition) is 1. The number of aliphatic carboxylic acids is 1. The Morgan fingerprint density at radius 1 is 1.11 bits per heavy atom. The van der Waals surface area contributed by atoms with Crippen molar-refractivity contribution in [2.45, 2.75) is 52.9 Å². The molecule has 3 aliphatic rings. The lowest BCUT2D eigenvalue weighted by Crippen LogP contribution is -2.35. The van der Waals surface area contributed by atoms with Crippen molar-refractivity contribution < 1.29 is 9.90 Å². The highest BCUT2D eigenvalue weighted by atomic mass is 16.4. The zero-order valence-corrected chi connectivity index (χ0v) is 12.5. The maximum atomic E-state index is 11.3. The van der Waals surface area contributed by atoms with Crippen LogP contribution in [0.5, 0.6) is 0 Å². The van der Waals surface area contributed by atoms with Crippen molar-refractivity contribution in [1.82, 2.24) is 0 Å². The van der Waals surface area contributed by atoms with E-state index in [4.69, 9.17) is 0 Å². The Morgan fingerprint density at radius 2 is 1.74 bits per heavy atom. The van der Waals surface area contributed by atoms with Gasteiger partial charge in [-0.05, 0) is 60.7 Å². The predicted molar refractivity (Wildman–Crippen MR) is 75.7 cm³/mol. The molecule has 8 atom stereocenters. The molecule has 2 nitrogen and oxygen atoms in total. The van der Waals surface area contributed by atoms with E-state index in [1.165, 1.54) is 32.1 Å². The first-order valence-electron chi connectivity index (χ1n) is 8.31. The second-order valence-electron chi connectivity index (χ2n) is 7.41. The van der Waals surface area contributed by atoms with Crippen molar-refractivity contribution in [1.29, 1.82) is 0 Å². The predicted octanol–water partition coefficient (Wildman–Crippen LogP) is 4.05. The summed E-state index contributed by atoms with van der Waals surface area (Å²) < 4.78 is 0. The lowest BCUT2D eigenvalue weighted by atomic mass is 9.67. The fourth-order valence-electron chi connectivity index (χ4n) is 6.20. The highest BCUT2D eigenvalue weighted by Crippen LogP contribution is 2.66. The summed E-state index contributed by atoms with van der Waals surface area (Å²) in [6.07, 6.45) is 6.59. The number of carboxylic acid groups (broad SMARTS) is 1. The molecule has 0 aromatic heterocycles. The molecule has 0 radical (unpaired) electrons. The van der Waals surface area contributed by atoms with Gasteiger partial charge in [-0.1, -0.05) is 33.6 Å². The first-order chi connectivity index (χ1) is 9.08. The van der Waals surface area contributed by atoms with E-state index in [2.05, 4.69) is 13.8 Å². The standard InChI is InChI=1S/C17H28O2/c1-4-10-6-11(5-2)16-14-8-12(15(10)16)7-13(14)9(3)17(18)19/h9-16H,4-8H2,1-3H3,(H,18,19). The van der Waals surface area contributed by atoms with Gasteiger partial charge in [-0.3, -0.25) is 4.79 Å². The summed E-state index contributed by atoms with van der Waals surface area (Å²) in [5.41, 5.74) is 0. The van der Waals surface area contributed by atoms with E-state index in [1.807, 2.05) is 6.92 Å². The number of carbonyl (C=O) groups is 1. The quantitative estimate of drug-likeness (QED) is 0.831. The maximum Gasteiger partial charge on any atom is 0.306 e. The van der Waals surface area contributed by atoms with Crippen molar-refractivity contribution in [3.8, 4) is 0 Å². The summed E-state index contributed by atoms with van der Waals surface area (Å²) in [5.74, 6) is 4.96. The second kappa shape index (κ2) is 4.79. The Kier molecular flexibility index (Phi) is 3.39. The third-order valence-corrected chi connectivity index (χ3v) is 6.96. The third-order valence-electron chi connectivity index (χ3n) is 6.96. The van der Waals surface area contributed by atoms with Crippen molar-refractivity contribution in [2.24, 2.45) is 47.3 Å². The van der Waals surface area contributed by atoms with Crippen LogP contribution in [0.2, 0.25) is 0 Å². The molecule has 0 saturated heterocycles. The highest BCUT2D eigenvalue weighted by molar-refractivity contribution is 5.70. The number of carboxylic acids is 1. The fraction of sp³-hybridized carbons (Fsp3) is 0.941. The molecule has 0 aromatic rings. The molecule has 19 heavy (non-hydrogen) atoms. The normalized spacial score (nSPS) is 49.3. The zero-order chi connectivity index (χ0) is 13.7. The van der Waals surface area contributed by atoms with Crippen LogP contribution in [0.15, 0.2) is 0 Å². The van der Waals surface area contributed by atoms with Crippen LogP contribution in [0.3, 0.4) is 0 Å². The van der Waals surface area contributed by atoms with Crippen molar-refractivity contribution in [3.63, 3.8) is 0 Å². The molecule has 3 rings (SSSR count). The van der Waals surface area contributed by atoms with E-state index in [-0.39, 0.29) is 5.92 Å². The molecule has 3 saturated carbocycles. The van der Waals surface area contributed by atoms with E-state index in [0.717, 1.165) is 35.5 Å². The van der Waals surface area contributed by atoms with Crippen molar-refractivity contribution >= 4 is 5.97 Å². The minimum atomic E-state index is -0.577. The average molecular weight is 264 g/mol. The first kappa shape index (κ1) is 13.5. The first-order valence-corrected chi connectivity index (χ1v) is 8.31. The van der Waals surface area contributed by atoms with E-state index in [0.29, 0.717) is 5.92 Å². The summed E-state index contributed by atoms with van der Waals surface area (Å²) in [6, 6.07) is 0. The maximum absolute atomic E-state index is 11.3. The Balaban J connectivity index is 1.82. The molecule has 8 unspecified atom stereocenters. The minimum Gasteiger partial charge on any atom is -0.481 e. The summed E-state index contributed by atoms with van der Waals surface area (Å²) in [5, 5.41) is 9.33. The molecular weight excluding hydrogens is 236 g/mol. The molecular formula is C17H28O2. The van der Waals surface area contributed by atoms with Gasteiger partial charge in [0.25, 0.3) is 0 Å². The molecule has 0 spiro atoms. The lowest BCUT2D eigenvalue weighted by molar-refractivity contribution is -0.144. The Bertz CT molecular complexity index is 364. The van der Waals surface area contributed by atoms with E-state index >= 15 is 0 Å². The van der Waals surface area contributed by atoms with E-state index < -0.39 is 5.97 Å². The topological polar surface area (TPSA) is 37.3 Å². The number of rotatable bonds is 4. The molecule has 2 bridgehead atoms. The second-order valence-corrected chi connectivity index (χ2v) is 7.41. The Labute approximate surface area is 117 Å². The van der Waals surface area contributed by atoms with Crippen LogP contribution in [0.1, 0.15) is 52.9 Å². The number of hydrogen-bond donors (Lipinski definition) is 1. The summed E-state index contributed by atoms with van der Waals surface area (Å²) >= 11 is 0. The van der Waals surface area contributed by atoms with Crippen molar-refractivity contribution in [2.75, 3.05) is 0 Å². The van der Waals surface area contributed by atoms with Crippen LogP contribution >= 0.6 is 0 Å². The third kappa shape index (κ3) is 1.86. The van der Waals surface area contributed by atoms with E-state index in [1.54, 1.807) is 0 Å². The van der Waals surface area contributed by atoms with Crippen LogP contribution < -0.4 is 0 Å². The van der Waals surface area contributed by atoms with Gasteiger partial charge in [-0.2, -0.15) is 0 Å². The van der Waals surface area contributed by atoms with Crippen LogP contribution in [-0.2, 0) is 4.79 Å². The van der Waals surface area contributed by atoms with Gasteiger partial charge in [0.05, 0.1) is 5.92 Å². The van der Waals surface area contributed by atoms with Gasteiger partial charge in [0.15, 0.2) is 0 Å². The monoisotopic (exact) mass is 264 g/mol. The highest BCUT2D eigenvalue weighted by Gasteiger charge is 2.60. The van der Waals surface area contributed by atoms with Crippen LogP contribution in [0.25, 0.3) is 0 Å². The van der Waals surface area contributed by atoms with Crippen LogP contribution in [0, 0.1) is 47.3 Å². The Morgan fingerprint density at radius 3 is 2.32 bits per heavy atom. The molecule has 3 aliphatic carbocycles. The molecule has 0 aliphatic heterocycles. The number of fused-ring (bicyclic) bond motifs is 5. The van der Waals surface area contributed by atoms with Gasteiger partial charge in [0.1, 0.15) is 0 Å². The largest absolute Gasteiger partial charge is 0.481 e. The van der Waals surface area contributed by atoms with Gasteiger partial charge < -0.3 is 5.11 Å².